The maximum Gasteiger partial charge on any atom is 0.251 e. The number of oxime groups is 1. The third-order valence-electron chi connectivity index (χ3n) is 7.55. The van der Waals surface area contributed by atoms with Gasteiger partial charge in [-0.2, -0.15) is 0 Å². The number of Topliss-reactive ketones (excluding diaryl/α,β-unsaturated/α-hetero) is 1. The van der Waals surface area contributed by atoms with Crippen LogP contribution in [-0.4, -0.2) is 16.8 Å². The molecular weight excluding hydrogens is 529 g/mol. The summed E-state index contributed by atoms with van der Waals surface area (Å²) >= 11 is 12.2. The molecule has 3 aliphatic carbocycles. The van der Waals surface area contributed by atoms with Crippen LogP contribution >= 0.6 is 23.2 Å². The number of carbonyl (C=O) groups excluding carboxylic acids is 1. The molecule has 1 atom stereocenters. The summed E-state index contributed by atoms with van der Waals surface area (Å²) in [7, 11) is 0. The van der Waals surface area contributed by atoms with Crippen molar-refractivity contribution in [2.45, 2.75) is 5.60 Å². The Hall–Kier alpha value is -4.25. The maximum atomic E-state index is 14.9. The summed E-state index contributed by atoms with van der Waals surface area (Å²) in [6, 6.07) is 32.0. The Balaban J connectivity index is 1.77. The molecule has 0 N–H and O–H groups in total. The molecule has 0 spiro atoms. The zero-order valence-electron chi connectivity index (χ0n) is 20.4. The third-order valence-corrected chi connectivity index (χ3v) is 8.15. The molecule has 4 nitrogen and oxygen atoms in total. The average molecular weight is 548 g/mol. The average Bonchev–Trinajstić information content (AvgIpc) is 3.46. The second-order valence-electron chi connectivity index (χ2n) is 9.54. The van der Waals surface area contributed by atoms with Gasteiger partial charge >= 0.3 is 0 Å². The molecule has 0 saturated carbocycles. The van der Waals surface area contributed by atoms with E-state index in [4.69, 9.17) is 28.0 Å². The molecule has 1 unspecified atom stereocenters. The van der Waals surface area contributed by atoms with Gasteiger partial charge in [0.25, 0.3) is 5.60 Å². The monoisotopic (exact) mass is 547 g/mol. The van der Waals surface area contributed by atoms with E-state index in [1.54, 1.807) is 0 Å². The summed E-state index contributed by atoms with van der Waals surface area (Å²) in [6.45, 7) is 0. The van der Waals surface area contributed by atoms with Crippen LogP contribution in [0.3, 0.4) is 0 Å². The lowest BCUT2D eigenvalue weighted by molar-refractivity contribution is -0.133. The van der Waals surface area contributed by atoms with Crippen LogP contribution < -0.4 is 10.6 Å². The molecule has 3 aliphatic rings. The van der Waals surface area contributed by atoms with Gasteiger partial charge in [-0.3, -0.25) is 9.59 Å². The molecule has 0 radical (unpaired) electrons. The quantitative estimate of drug-likeness (QED) is 0.108. The Morgan fingerprint density at radius 3 is 2.05 bits per heavy atom. The number of benzene rings is 5. The number of carbonyl (C=O) groups is 1. The van der Waals surface area contributed by atoms with Crippen LogP contribution in [0.25, 0.3) is 38.2 Å². The first-order chi connectivity index (χ1) is 19.1. The lowest BCUT2D eigenvalue weighted by atomic mass is 9.80. The highest BCUT2D eigenvalue weighted by atomic mass is 35.5. The molecular formula is C33H19Cl2NO3. The molecule has 0 fully saturated rings. The zero-order chi connectivity index (χ0) is 26.7. The molecule has 4 aromatic carbocycles. The Labute approximate surface area is 233 Å². The Bertz CT molecular complexity index is 2020. The number of alkyl halides is 1. The molecule has 39 heavy (non-hydrogen) atoms. The lowest BCUT2D eigenvalue weighted by Crippen LogP contribution is -2.37. The van der Waals surface area contributed by atoms with Gasteiger partial charge in [0.2, 0.25) is 5.78 Å². The van der Waals surface area contributed by atoms with Gasteiger partial charge in [-0.1, -0.05) is 120 Å². The van der Waals surface area contributed by atoms with Gasteiger partial charge in [-0.25, -0.2) is 0 Å². The van der Waals surface area contributed by atoms with Crippen LogP contribution in [-0.2, 0) is 15.2 Å². The molecule has 0 heterocycles. The van der Waals surface area contributed by atoms with Crippen LogP contribution in [0.2, 0.25) is 0 Å². The van der Waals surface area contributed by atoms with Crippen molar-refractivity contribution in [1.82, 2.24) is 0 Å². The Kier molecular flexibility index (Phi) is 5.44. The molecule has 4 aromatic rings. The van der Waals surface area contributed by atoms with Crippen LogP contribution in [0.1, 0.15) is 16.7 Å². The number of ketones is 1. The van der Waals surface area contributed by atoms with Gasteiger partial charge in [0.05, 0.1) is 5.88 Å². The van der Waals surface area contributed by atoms with E-state index in [-0.39, 0.29) is 22.3 Å². The van der Waals surface area contributed by atoms with Gasteiger partial charge in [0.1, 0.15) is 0 Å². The molecule has 0 aromatic heterocycles. The van der Waals surface area contributed by atoms with E-state index in [9.17, 15) is 9.59 Å². The topological polar surface area (TPSA) is 55.7 Å². The van der Waals surface area contributed by atoms with E-state index >= 15 is 0 Å². The molecule has 7 rings (SSSR count). The van der Waals surface area contributed by atoms with E-state index in [0.29, 0.717) is 27.5 Å². The highest BCUT2D eigenvalue weighted by Crippen LogP contribution is 2.51. The minimum Gasteiger partial charge on any atom is -0.370 e. The summed E-state index contributed by atoms with van der Waals surface area (Å²) < 4.78 is 0. The number of fused-ring (bicyclic) bond motifs is 5. The van der Waals surface area contributed by atoms with Crippen molar-refractivity contribution in [1.29, 1.82) is 0 Å². The van der Waals surface area contributed by atoms with Crippen molar-refractivity contribution in [2.24, 2.45) is 5.16 Å². The van der Waals surface area contributed by atoms with Crippen molar-refractivity contribution < 1.29 is 9.63 Å². The first-order valence-electron chi connectivity index (χ1n) is 12.5. The minimum absolute atomic E-state index is 0.0236. The SMILES string of the molecule is O=C1C(c2ccccc2)=c2c(c3c4ccccc4c(=O)c4cccc2c4-3)C1(O/N=C(\Cl)CCl)c1ccccc1. The third kappa shape index (κ3) is 3.22. The van der Waals surface area contributed by atoms with Gasteiger partial charge in [0.15, 0.2) is 10.6 Å². The van der Waals surface area contributed by atoms with Gasteiger partial charge in [-0.15, -0.1) is 11.6 Å². The smallest absolute Gasteiger partial charge is 0.251 e. The number of rotatable bonds is 5. The predicted molar refractivity (Wildman–Crippen MR) is 157 cm³/mol. The van der Waals surface area contributed by atoms with Gasteiger partial charge < -0.3 is 4.84 Å². The Morgan fingerprint density at radius 2 is 1.33 bits per heavy atom. The van der Waals surface area contributed by atoms with Gasteiger partial charge in [0, 0.05) is 38.3 Å². The molecule has 0 saturated heterocycles. The largest absolute Gasteiger partial charge is 0.370 e. The van der Waals surface area contributed by atoms with Crippen molar-refractivity contribution in [2.75, 3.05) is 5.88 Å². The van der Waals surface area contributed by atoms with Crippen molar-refractivity contribution in [3.05, 3.63) is 135 Å². The second-order valence-corrected chi connectivity index (χ2v) is 10.2. The molecule has 0 aliphatic heterocycles. The standard InChI is InChI=1S/C33H19Cl2NO3/c34-18-25(35)36-39-33(20-12-5-2-6-13-20)30-28-21-14-7-8-15-22(21)31(37)24-17-9-16-23(27(24)28)29(30)26(32(33)38)19-10-3-1-4-11-19/h1-17H,18H2/b36-25-. The highest BCUT2D eigenvalue weighted by molar-refractivity contribution is 6.69. The predicted octanol–water partition coefficient (Wildman–Crippen LogP) is 6.45. The van der Waals surface area contributed by atoms with Crippen LogP contribution in [0.15, 0.2) is 113 Å². The Morgan fingerprint density at radius 1 is 0.718 bits per heavy atom. The maximum absolute atomic E-state index is 14.9. The molecule has 6 heteroatoms. The van der Waals surface area contributed by atoms with E-state index < -0.39 is 5.60 Å². The fraction of sp³-hybridized carbons (Fsp3) is 0.0606. The summed E-state index contributed by atoms with van der Waals surface area (Å²) in [5.74, 6) is -0.328. The van der Waals surface area contributed by atoms with Crippen LogP contribution in [0.4, 0.5) is 0 Å². The second kappa shape index (κ2) is 8.91. The molecule has 188 valence electrons. The first-order valence-corrected chi connectivity index (χ1v) is 13.4. The van der Waals surface area contributed by atoms with Crippen molar-refractivity contribution in [3.8, 4) is 11.1 Å². The fourth-order valence-corrected chi connectivity index (χ4v) is 6.13. The zero-order valence-corrected chi connectivity index (χ0v) is 22.0. The fourth-order valence-electron chi connectivity index (χ4n) is 6.04. The van der Waals surface area contributed by atoms with Gasteiger partial charge in [-0.05, 0) is 21.9 Å². The van der Waals surface area contributed by atoms with Crippen LogP contribution in [0, 0.1) is 0 Å². The number of halogens is 2. The summed E-state index contributed by atoms with van der Waals surface area (Å²) in [5, 5.41) is 7.67. The van der Waals surface area contributed by atoms with E-state index in [2.05, 4.69) is 5.16 Å². The summed E-state index contributed by atoms with van der Waals surface area (Å²) in [4.78, 5) is 34.8. The first kappa shape index (κ1) is 23.8. The number of nitrogens with zero attached hydrogens (tertiary/aromatic N) is 1. The minimum atomic E-state index is -1.66. The summed E-state index contributed by atoms with van der Waals surface area (Å²) in [6.07, 6.45) is 0. The van der Waals surface area contributed by atoms with Crippen molar-refractivity contribution >= 4 is 61.3 Å². The normalized spacial score (nSPS) is 17.4. The van der Waals surface area contributed by atoms with E-state index in [0.717, 1.165) is 32.7 Å². The van der Waals surface area contributed by atoms with E-state index in [1.165, 1.54) is 0 Å². The molecule has 0 bridgehead atoms. The molecule has 0 amide bonds. The lowest BCUT2D eigenvalue weighted by Gasteiger charge is -2.29. The van der Waals surface area contributed by atoms with E-state index in [1.807, 2.05) is 103 Å². The van der Waals surface area contributed by atoms with Crippen molar-refractivity contribution in [3.63, 3.8) is 0 Å². The highest BCUT2D eigenvalue weighted by Gasteiger charge is 2.55. The van der Waals surface area contributed by atoms with Crippen LogP contribution in [0.5, 0.6) is 0 Å². The summed E-state index contributed by atoms with van der Waals surface area (Å²) in [5.41, 5.74) is 2.42. The number of hydrogen-bond donors (Lipinski definition) is 0. The number of hydrogen-bond acceptors (Lipinski definition) is 4.